The first-order valence-corrected chi connectivity index (χ1v) is 10.2. The molecule has 1 N–H and O–H groups in total. The fraction of sp³-hybridized carbons (Fsp3) is 0.280. The predicted molar refractivity (Wildman–Crippen MR) is 118 cm³/mol. The zero-order valence-corrected chi connectivity index (χ0v) is 17.4. The Morgan fingerprint density at radius 2 is 2.07 bits per heavy atom. The summed E-state index contributed by atoms with van der Waals surface area (Å²) >= 11 is 0. The minimum Gasteiger partial charge on any atom is -0.493 e. The van der Waals surface area contributed by atoms with E-state index in [1.165, 1.54) is 0 Å². The molecule has 0 unspecified atom stereocenters. The zero-order valence-electron chi connectivity index (χ0n) is 17.4. The fourth-order valence-electron chi connectivity index (χ4n) is 3.52. The summed E-state index contributed by atoms with van der Waals surface area (Å²) in [6, 6.07) is 15.7. The second-order valence-electron chi connectivity index (χ2n) is 7.35. The quantitative estimate of drug-likeness (QED) is 0.376. The van der Waals surface area contributed by atoms with Gasteiger partial charge in [-0.3, -0.25) is 0 Å². The molecule has 154 valence electrons. The SMILES string of the molecule is CCC/C(=C\c1ccc(OCCCn2ccc3cc(C#N)ccc32)c(C)c1)C(=O)O. The van der Waals surface area contributed by atoms with Crippen LogP contribution >= 0.6 is 0 Å². The molecule has 0 saturated carbocycles. The molecule has 0 aliphatic carbocycles. The second-order valence-corrected chi connectivity index (χ2v) is 7.35. The van der Waals surface area contributed by atoms with E-state index in [1.54, 1.807) is 6.08 Å². The lowest BCUT2D eigenvalue weighted by molar-refractivity contribution is -0.132. The van der Waals surface area contributed by atoms with Crippen LogP contribution < -0.4 is 4.74 Å². The van der Waals surface area contributed by atoms with Crippen molar-refractivity contribution in [2.75, 3.05) is 6.61 Å². The summed E-state index contributed by atoms with van der Waals surface area (Å²) in [4.78, 5) is 11.3. The van der Waals surface area contributed by atoms with Gasteiger partial charge < -0.3 is 14.4 Å². The number of benzene rings is 2. The number of nitrogens with zero attached hydrogens (tertiary/aromatic N) is 2. The van der Waals surface area contributed by atoms with Crippen LogP contribution in [0.3, 0.4) is 0 Å². The minimum atomic E-state index is -0.865. The monoisotopic (exact) mass is 402 g/mol. The number of hydrogen-bond acceptors (Lipinski definition) is 3. The Labute approximate surface area is 176 Å². The third-order valence-electron chi connectivity index (χ3n) is 5.03. The van der Waals surface area contributed by atoms with Crippen LogP contribution in [0.25, 0.3) is 17.0 Å². The van der Waals surface area contributed by atoms with Crippen molar-refractivity contribution in [2.45, 2.75) is 39.7 Å². The van der Waals surface area contributed by atoms with Gasteiger partial charge in [0.1, 0.15) is 5.75 Å². The molecule has 2 aromatic carbocycles. The van der Waals surface area contributed by atoms with Gasteiger partial charge in [-0.15, -0.1) is 0 Å². The van der Waals surface area contributed by atoms with Crippen LogP contribution in [-0.4, -0.2) is 22.2 Å². The summed E-state index contributed by atoms with van der Waals surface area (Å²) in [5, 5.41) is 19.4. The summed E-state index contributed by atoms with van der Waals surface area (Å²) in [7, 11) is 0. The lowest BCUT2D eigenvalue weighted by Gasteiger charge is -2.11. The smallest absolute Gasteiger partial charge is 0.331 e. The Bertz CT molecular complexity index is 1120. The van der Waals surface area contributed by atoms with Gasteiger partial charge in [-0.25, -0.2) is 4.79 Å². The number of aromatic nitrogens is 1. The third-order valence-corrected chi connectivity index (χ3v) is 5.03. The van der Waals surface area contributed by atoms with Gasteiger partial charge in [0.05, 0.1) is 18.2 Å². The maximum Gasteiger partial charge on any atom is 0.331 e. The largest absolute Gasteiger partial charge is 0.493 e. The molecule has 30 heavy (non-hydrogen) atoms. The van der Waals surface area contributed by atoms with Crippen molar-refractivity contribution in [1.29, 1.82) is 5.26 Å². The standard InChI is InChI=1S/C25H26N2O3/c1-3-5-22(25(28)29)15-19-7-9-24(18(2)14-19)30-13-4-11-27-12-10-21-16-20(17-26)6-8-23(21)27/h6-10,12,14-16H,3-5,11,13H2,1-2H3,(H,28,29)/b22-15+. The molecule has 0 saturated heterocycles. The number of aryl methyl sites for hydroxylation is 2. The molecule has 5 heteroatoms. The summed E-state index contributed by atoms with van der Waals surface area (Å²) < 4.78 is 8.11. The van der Waals surface area contributed by atoms with E-state index in [1.807, 2.05) is 62.5 Å². The van der Waals surface area contributed by atoms with Crippen molar-refractivity contribution in [3.63, 3.8) is 0 Å². The summed E-state index contributed by atoms with van der Waals surface area (Å²) in [6.45, 7) is 5.36. The number of ether oxygens (including phenoxy) is 1. The van der Waals surface area contributed by atoms with E-state index in [2.05, 4.69) is 10.6 Å². The number of carboxylic acids is 1. The number of aliphatic carboxylic acids is 1. The van der Waals surface area contributed by atoms with Crippen LogP contribution in [-0.2, 0) is 11.3 Å². The summed E-state index contributed by atoms with van der Waals surface area (Å²) in [5.74, 6) is -0.0493. The molecule has 5 nitrogen and oxygen atoms in total. The first-order chi connectivity index (χ1) is 14.5. The van der Waals surface area contributed by atoms with Gasteiger partial charge in [0, 0.05) is 29.2 Å². The highest BCUT2D eigenvalue weighted by Gasteiger charge is 2.08. The molecule has 0 aliphatic heterocycles. The van der Waals surface area contributed by atoms with Crippen LogP contribution in [0.1, 0.15) is 42.9 Å². The van der Waals surface area contributed by atoms with Crippen molar-refractivity contribution in [3.05, 3.63) is 70.9 Å². The Morgan fingerprint density at radius 1 is 1.23 bits per heavy atom. The van der Waals surface area contributed by atoms with E-state index in [0.717, 1.165) is 47.2 Å². The van der Waals surface area contributed by atoms with Crippen LogP contribution in [0, 0.1) is 18.3 Å². The molecule has 0 fully saturated rings. The predicted octanol–water partition coefficient (Wildman–Crippen LogP) is 5.56. The molecule has 0 bridgehead atoms. The zero-order chi connectivity index (χ0) is 21.5. The van der Waals surface area contributed by atoms with Crippen LogP contribution in [0.15, 0.2) is 54.2 Å². The van der Waals surface area contributed by atoms with Gasteiger partial charge in [0.15, 0.2) is 0 Å². The van der Waals surface area contributed by atoms with Gasteiger partial charge in [-0.1, -0.05) is 19.4 Å². The van der Waals surface area contributed by atoms with E-state index in [0.29, 0.717) is 24.2 Å². The number of hydrogen-bond donors (Lipinski definition) is 1. The maximum atomic E-state index is 11.3. The molecule has 1 heterocycles. The highest BCUT2D eigenvalue weighted by atomic mass is 16.5. The Kier molecular flexibility index (Phi) is 6.92. The van der Waals surface area contributed by atoms with Crippen molar-refractivity contribution in [2.24, 2.45) is 0 Å². The molecule has 1 aromatic heterocycles. The highest BCUT2D eigenvalue weighted by Crippen LogP contribution is 2.22. The van der Waals surface area contributed by atoms with Crippen molar-refractivity contribution in [1.82, 2.24) is 4.57 Å². The highest BCUT2D eigenvalue weighted by molar-refractivity contribution is 5.92. The lowest BCUT2D eigenvalue weighted by atomic mass is 10.0. The van der Waals surface area contributed by atoms with E-state index in [4.69, 9.17) is 10.00 Å². The van der Waals surface area contributed by atoms with Crippen molar-refractivity contribution < 1.29 is 14.6 Å². The molecule has 0 atom stereocenters. The molecule has 0 radical (unpaired) electrons. The van der Waals surface area contributed by atoms with E-state index < -0.39 is 5.97 Å². The summed E-state index contributed by atoms with van der Waals surface area (Å²) in [5.41, 5.74) is 4.07. The average Bonchev–Trinajstić information content (AvgIpc) is 3.14. The van der Waals surface area contributed by atoms with Crippen molar-refractivity contribution >= 4 is 22.9 Å². The van der Waals surface area contributed by atoms with Gasteiger partial charge in [-0.2, -0.15) is 5.26 Å². The number of fused-ring (bicyclic) bond motifs is 1. The van der Waals surface area contributed by atoms with E-state index >= 15 is 0 Å². The van der Waals surface area contributed by atoms with Gasteiger partial charge >= 0.3 is 5.97 Å². The average molecular weight is 402 g/mol. The third kappa shape index (κ3) is 5.09. The Hall–Kier alpha value is -3.52. The molecular formula is C25H26N2O3. The fourth-order valence-corrected chi connectivity index (χ4v) is 3.52. The Morgan fingerprint density at radius 3 is 2.77 bits per heavy atom. The molecule has 3 rings (SSSR count). The van der Waals surface area contributed by atoms with Gasteiger partial charge in [-0.05, 0) is 73.4 Å². The topological polar surface area (TPSA) is 75.2 Å². The second kappa shape index (κ2) is 9.80. The minimum absolute atomic E-state index is 0.423. The van der Waals surface area contributed by atoms with Crippen LogP contribution in [0.4, 0.5) is 0 Å². The normalized spacial score (nSPS) is 11.4. The first-order valence-electron chi connectivity index (χ1n) is 10.2. The molecule has 3 aromatic rings. The van der Waals surface area contributed by atoms with Crippen LogP contribution in [0.5, 0.6) is 5.75 Å². The molecule has 0 spiro atoms. The van der Waals surface area contributed by atoms with Crippen molar-refractivity contribution in [3.8, 4) is 11.8 Å². The maximum absolute atomic E-state index is 11.3. The number of nitriles is 1. The molecule has 0 aliphatic rings. The van der Waals surface area contributed by atoms with Gasteiger partial charge in [0.25, 0.3) is 0 Å². The van der Waals surface area contributed by atoms with Gasteiger partial charge in [0.2, 0.25) is 0 Å². The van der Waals surface area contributed by atoms with E-state index in [9.17, 15) is 9.90 Å². The van der Waals surface area contributed by atoms with Crippen LogP contribution in [0.2, 0.25) is 0 Å². The number of carbonyl (C=O) groups is 1. The first kappa shape index (κ1) is 21.2. The Balaban J connectivity index is 1.58. The molecule has 0 amide bonds. The molecular weight excluding hydrogens is 376 g/mol. The number of carboxylic acid groups (broad SMARTS) is 1. The van der Waals surface area contributed by atoms with E-state index in [-0.39, 0.29) is 0 Å². The summed E-state index contributed by atoms with van der Waals surface area (Å²) in [6.07, 6.45) is 5.98. The number of rotatable bonds is 9. The lowest BCUT2D eigenvalue weighted by Crippen LogP contribution is -2.04.